The second kappa shape index (κ2) is 7.96. The third-order valence-corrected chi connectivity index (χ3v) is 4.52. The van der Waals surface area contributed by atoms with Gasteiger partial charge in [-0.1, -0.05) is 17.7 Å². The number of imide groups is 1. The summed E-state index contributed by atoms with van der Waals surface area (Å²) in [4.78, 5) is 51.1. The van der Waals surface area contributed by atoms with Crippen LogP contribution in [0.25, 0.3) is 0 Å². The molecule has 1 aliphatic heterocycles. The maximum absolute atomic E-state index is 12.5. The number of rotatable bonds is 6. The lowest BCUT2D eigenvalue weighted by Crippen LogP contribution is -2.46. The van der Waals surface area contributed by atoms with Crippen LogP contribution in [0.4, 0.5) is 10.5 Å². The van der Waals surface area contributed by atoms with Crippen LogP contribution in [0, 0.1) is 6.92 Å². The van der Waals surface area contributed by atoms with Crippen molar-refractivity contribution in [3.05, 3.63) is 28.8 Å². The normalized spacial score (nSPS) is 15.5. The first-order valence-electron chi connectivity index (χ1n) is 8.53. The highest BCUT2D eigenvalue weighted by Gasteiger charge is 2.45. The third-order valence-electron chi connectivity index (χ3n) is 4.28. The summed E-state index contributed by atoms with van der Waals surface area (Å²) in [5.41, 5.74) is 0.353. The van der Waals surface area contributed by atoms with Crippen molar-refractivity contribution in [1.82, 2.24) is 15.1 Å². The largest absolute Gasteiger partial charge is 0.332 e. The number of urea groups is 1. The van der Waals surface area contributed by atoms with Gasteiger partial charge in [0.1, 0.15) is 12.1 Å². The third kappa shape index (κ3) is 4.77. The van der Waals surface area contributed by atoms with E-state index in [0.29, 0.717) is 10.7 Å². The molecule has 0 atom stereocenters. The molecule has 1 fully saturated rings. The monoisotopic (exact) mass is 394 g/mol. The predicted molar refractivity (Wildman–Crippen MR) is 101 cm³/mol. The summed E-state index contributed by atoms with van der Waals surface area (Å²) in [6, 6.07) is 4.50. The summed E-state index contributed by atoms with van der Waals surface area (Å²) in [6.45, 7) is 6.32. The summed E-state index contributed by atoms with van der Waals surface area (Å²) in [6.07, 6.45) is 0. The minimum atomic E-state index is -1.05. The van der Waals surface area contributed by atoms with E-state index in [4.69, 9.17) is 11.6 Å². The Hall–Kier alpha value is -2.61. The maximum atomic E-state index is 12.5. The average molecular weight is 395 g/mol. The molecule has 0 bridgehead atoms. The van der Waals surface area contributed by atoms with E-state index in [-0.39, 0.29) is 13.1 Å². The Morgan fingerprint density at radius 3 is 2.52 bits per heavy atom. The maximum Gasteiger partial charge on any atom is 0.325 e. The Balaban J connectivity index is 2.00. The van der Waals surface area contributed by atoms with Gasteiger partial charge >= 0.3 is 6.03 Å². The Morgan fingerprint density at radius 1 is 1.30 bits per heavy atom. The molecule has 2 N–H and O–H groups in total. The fraction of sp³-hybridized carbons (Fsp3) is 0.444. The molecule has 1 aromatic rings. The number of likely N-dealkylation sites (N-methyl/N-ethyl adjacent to an activating group) is 1. The van der Waals surface area contributed by atoms with Crippen LogP contribution in [0.1, 0.15) is 26.3 Å². The Morgan fingerprint density at radius 2 is 1.96 bits per heavy atom. The molecular weight excluding hydrogens is 372 g/mol. The van der Waals surface area contributed by atoms with Crippen LogP contribution in [0.2, 0.25) is 5.02 Å². The first-order valence-corrected chi connectivity index (χ1v) is 8.91. The van der Waals surface area contributed by atoms with Crippen molar-refractivity contribution in [2.24, 2.45) is 0 Å². The molecule has 0 radical (unpaired) electrons. The van der Waals surface area contributed by atoms with Crippen LogP contribution in [0.3, 0.4) is 0 Å². The summed E-state index contributed by atoms with van der Waals surface area (Å²) < 4.78 is 0. The van der Waals surface area contributed by atoms with E-state index in [2.05, 4.69) is 10.6 Å². The molecule has 8 nitrogen and oxygen atoms in total. The van der Waals surface area contributed by atoms with E-state index in [0.717, 1.165) is 10.5 Å². The molecule has 0 aliphatic carbocycles. The van der Waals surface area contributed by atoms with Crippen LogP contribution >= 0.6 is 11.6 Å². The number of aryl methyl sites for hydroxylation is 1. The molecule has 0 aromatic heterocycles. The highest BCUT2D eigenvalue weighted by molar-refractivity contribution is 6.31. The van der Waals surface area contributed by atoms with Crippen LogP contribution in [-0.2, 0) is 14.4 Å². The van der Waals surface area contributed by atoms with Gasteiger partial charge in [-0.05, 0) is 45.4 Å². The van der Waals surface area contributed by atoms with Crippen molar-refractivity contribution >= 4 is 41.0 Å². The minimum Gasteiger partial charge on any atom is -0.332 e. The van der Waals surface area contributed by atoms with Gasteiger partial charge in [-0.15, -0.1) is 0 Å². The van der Waals surface area contributed by atoms with Gasteiger partial charge in [-0.3, -0.25) is 19.3 Å². The van der Waals surface area contributed by atoms with Crippen molar-refractivity contribution in [2.75, 3.05) is 25.0 Å². The van der Waals surface area contributed by atoms with Gasteiger partial charge in [0.05, 0.1) is 6.54 Å². The van der Waals surface area contributed by atoms with E-state index in [1.807, 2.05) is 6.92 Å². The fourth-order valence-corrected chi connectivity index (χ4v) is 2.84. The molecule has 1 aromatic carbocycles. The molecule has 146 valence electrons. The molecule has 0 spiro atoms. The van der Waals surface area contributed by atoms with E-state index < -0.39 is 35.8 Å². The zero-order chi connectivity index (χ0) is 20.4. The summed E-state index contributed by atoms with van der Waals surface area (Å²) in [7, 11) is 0. The van der Waals surface area contributed by atoms with Gasteiger partial charge < -0.3 is 15.5 Å². The number of amides is 5. The van der Waals surface area contributed by atoms with Crippen LogP contribution < -0.4 is 10.6 Å². The average Bonchev–Trinajstić information content (AvgIpc) is 2.77. The lowest BCUT2D eigenvalue weighted by molar-refractivity contribution is -0.139. The summed E-state index contributed by atoms with van der Waals surface area (Å²) in [5, 5.41) is 5.72. The van der Waals surface area contributed by atoms with Gasteiger partial charge in [-0.25, -0.2) is 4.79 Å². The zero-order valence-corrected chi connectivity index (χ0v) is 16.5. The Kier molecular flexibility index (Phi) is 6.10. The molecule has 9 heteroatoms. The predicted octanol–water partition coefficient (Wildman–Crippen LogP) is 1.77. The second-order valence-electron chi connectivity index (χ2n) is 6.86. The van der Waals surface area contributed by atoms with Crippen LogP contribution in [0.15, 0.2) is 18.2 Å². The van der Waals surface area contributed by atoms with Crippen molar-refractivity contribution in [2.45, 2.75) is 33.2 Å². The Labute approximate surface area is 162 Å². The molecule has 1 heterocycles. The highest BCUT2D eigenvalue weighted by atomic mass is 35.5. The van der Waals surface area contributed by atoms with E-state index in [1.165, 1.54) is 4.90 Å². The number of anilines is 1. The number of hydrogen-bond donors (Lipinski definition) is 2. The van der Waals surface area contributed by atoms with Gasteiger partial charge in [0.25, 0.3) is 5.91 Å². The van der Waals surface area contributed by atoms with Gasteiger partial charge in [-0.2, -0.15) is 0 Å². The van der Waals surface area contributed by atoms with E-state index >= 15 is 0 Å². The minimum absolute atomic E-state index is 0.200. The van der Waals surface area contributed by atoms with Crippen molar-refractivity contribution in [3.8, 4) is 0 Å². The number of hydrogen-bond acceptors (Lipinski definition) is 4. The Bertz CT molecular complexity index is 794. The molecular formula is C18H23ClN4O4. The molecule has 1 saturated heterocycles. The second-order valence-corrected chi connectivity index (χ2v) is 7.30. The van der Waals surface area contributed by atoms with Gasteiger partial charge in [0.15, 0.2) is 0 Å². The SMILES string of the molecule is CCN(CC(=O)Nc1cc(Cl)ccc1C)C(=O)CN1C(=O)NC(C)(C)C1=O. The number of nitrogens with zero attached hydrogens (tertiary/aromatic N) is 2. The standard InChI is InChI=1S/C18H23ClN4O4/c1-5-22(9-14(24)20-13-8-12(19)7-6-11(13)2)15(25)10-23-16(26)18(3,4)21-17(23)27/h6-8H,5,9-10H2,1-4H3,(H,20,24)(H,21,27). The van der Waals surface area contributed by atoms with Crippen LogP contribution in [-0.4, -0.2) is 58.7 Å². The zero-order valence-electron chi connectivity index (χ0n) is 15.8. The van der Waals surface area contributed by atoms with Gasteiger partial charge in [0.2, 0.25) is 11.8 Å². The highest BCUT2D eigenvalue weighted by Crippen LogP contribution is 2.20. The molecule has 27 heavy (non-hydrogen) atoms. The molecule has 1 aliphatic rings. The summed E-state index contributed by atoms with van der Waals surface area (Å²) in [5.74, 6) is -1.36. The molecule has 0 unspecified atom stereocenters. The quantitative estimate of drug-likeness (QED) is 0.718. The number of benzene rings is 1. The van der Waals surface area contributed by atoms with E-state index in [1.54, 1.807) is 39.0 Å². The first kappa shape index (κ1) is 20.7. The number of halogens is 1. The van der Waals surface area contributed by atoms with Crippen molar-refractivity contribution in [3.63, 3.8) is 0 Å². The first-order chi connectivity index (χ1) is 12.5. The molecule has 5 amide bonds. The van der Waals surface area contributed by atoms with Crippen molar-refractivity contribution < 1.29 is 19.2 Å². The topological polar surface area (TPSA) is 98.8 Å². The fourth-order valence-electron chi connectivity index (χ4n) is 2.67. The number of carbonyl (C=O) groups excluding carboxylic acids is 4. The lowest BCUT2D eigenvalue weighted by Gasteiger charge is -2.23. The lowest BCUT2D eigenvalue weighted by atomic mass is 10.1. The number of carbonyl (C=O) groups is 4. The van der Waals surface area contributed by atoms with Crippen LogP contribution in [0.5, 0.6) is 0 Å². The molecule has 0 saturated carbocycles. The summed E-state index contributed by atoms with van der Waals surface area (Å²) >= 11 is 5.94. The number of nitrogens with one attached hydrogen (secondary N) is 2. The smallest absolute Gasteiger partial charge is 0.325 e. The molecule has 2 rings (SSSR count). The van der Waals surface area contributed by atoms with Gasteiger partial charge in [0, 0.05) is 17.3 Å². The van der Waals surface area contributed by atoms with E-state index in [9.17, 15) is 19.2 Å². The van der Waals surface area contributed by atoms with Crippen molar-refractivity contribution in [1.29, 1.82) is 0 Å².